The molecule has 1 atom stereocenters. The fourth-order valence-corrected chi connectivity index (χ4v) is 5.46. The van der Waals surface area contributed by atoms with Gasteiger partial charge in [0.25, 0.3) is 17.8 Å². The summed E-state index contributed by atoms with van der Waals surface area (Å²) in [6.07, 6.45) is 3.38. The van der Waals surface area contributed by atoms with Gasteiger partial charge in [-0.05, 0) is 54.9 Å². The van der Waals surface area contributed by atoms with E-state index in [1.54, 1.807) is 7.05 Å². The third kappa shape index (κ3) is 4.75. The van der Waals surface area contributed by atoms with E-state index >= 15 is 0 Å². The lowest BCUT2D eigenvalue weighted by Crippen LogP contribution is -2.61. The second kappa shape index (κ2) is 9.91. The van der Waals surface area contributed by atoms with Crippen LogP contribution in [0.3, 0.4) is 0 Å². The fourth-order valence-electron chi connectivity index (χ4n) is 5.26. The zero-order valence-corrected chi connectivity index (χ0v) is 21.0. The third-order valence-electron chi connectivity index (χ3n) is 7.35. The Hall–Kier alpha value is -3.03. The Morgan fingerprint density at radius 1 is 0.971 bits per heavy atom. The maximum Gasteiger partial charge on any atom is 0.333 e. The Labute approximate surface area is 211 Å². The van der Waals surface area contributed by atoms with Gasteiger partial charge < -0.3 is 0 Å². The third-order valence-corrected chi connectivity index (χ3v) is 7.72. The van der Waals surface area contributed by atoms with Crippen molar-refractivity contribution in [2.24, 2.45) is 10.9 Å². The van der Waals surface area contributed by atoms with E-state index in [4.69, 9.17) is 16.6 Å². The molecule has 1 unspecified atom stereocenters. The number of hydrogen-bond donors (Lipinski definition) is 0. The molecule has 0 radical (unpaired) electrons. The number of piperidine rings is 1. The highest BCUT2D eigenvalue weighted by molar-refractivity contribution is 6.31. The average molecular weight is 493 g/mol. The van der Waals surface area contributed by atoms with Crippen LogP contribution in [-0.2, 0) is 17.8 Å². The molecule has 3 amide bonds. The summed E-state index contributed by atoms with van der Waals surface area (Å²) < 4.78 is 2.02. The lowest BCUT2D eigenvalue weighted by molar-refractivity contribution is -0.552. The van der Waals surface area contributed by atoms with Crippen molar-refractivity contribution in [2.45, 2.75) is 31.8 Å². The van der Waals surface area contributed by atoms with Gasteiger partial charge in [0.1, 0.15) is 13.1 Å². The van der Waals surface area contributed by atoms with E-state index in [9.17, 15) is 9.59 Å². The Bertz CT molecular complexity index is 1190. The number of carbonyl (C=O) groups is 2. The summed E-state index contributed by atoms with van der Waals surface area (Å²) in [5, 5.41) is 0.656. The van der Waals surface area contributed by atoms with Gasteiger partial charge >= 0.3 is 11.9 Å². The highest BCUT2D eigenvalue weighted by Crippen LogP contribution is 2.25. The minimum absolute atomic E-state index is 0.254. The lowest BCUT2D eigenvalue weighted by atomic mass is 9.90. The van der Waals surface area contributed by atoms with Crippen molar-refractivity contribution in [3.63, 3.8) is 0 Å². The second-order valence-corrected chi connectivity index (χ2v) is 10.1. The van der Waals surface area contributed by atoms with Crippen molar-refractivity contribution in [1.82, 2.24) is 14.7 Å². The number of aliphatic imine (C=N–C) groups is 1. The average Bonchev–Trinajstić information content (AvgIpc) is 3.22. The smallest absolute Gasteiger partial charge is 0.292 e. The molecule has 5 rings (SSSR count). The molecular weight excluding hydrogens is 462 g/mol. The number of likely N-dealkylation sites (N-methyl/N-ethyl adjacent to an activating group) is 2. The highest BCUT2D eigenvalue weighted by atomic mass is 35.5. The molecule has 8 heteroatoms. The molecule has 0 bridgehead atoms. The first-order chi connectivity index (χ1) is 16.9. The van der Waals surface area contributed by atoms with Gasteiger partial charge in [-0.15, -0.1) is 0 Å². The van der Waals surface area contributed by atoms with Crippen LogP contribution in [0, 0.1) is 5.92 Å². The van der Waals surface area contributed by atoms with Crippen LogP contribution in [0.4, 0.5) is 4.79 Å². The molecule has 2 aromatic rings. The number of amidine groups is 2. The standard InChI is InChI=1S/C27H31ClN5O2/c1-30-25-24(26(34)31(2)27(30)35)33(17-21-10-6-7-11-22(21)28)23(29-25)18-32-14-12-20(13-15-32)16-19-8-4-3-5-9-19/h3-11,20,24H,12-18H2,1-2H3/q+1. The maximum absolute atomic E-state index is 13.2. The summed E-state index contributed by atoms with van der Waals surface area (Å²) >= 11 is 6.47. The van der Waals surface area contributed by atoms with Gasteiger partial charge in [-0.25, -0.2) is 9.37 Å². The van der Waals surface area contributed by atoms with E-state index in [2.05, 4.69) is 35.2 Å². The normalized spacial score (nSPS) is 21.6. The van der Waals surface area contributed by atoms with Crippen molar-refractivity contribution in [2.75, 3.05) is 33.7 Å². The number of benzene rings is 2. The zero-order valence-electron chi connectivity index (χ0n) is 20.2. The Morgan fingerprint density at radius 2 is 1.66 bits per heavy atom. The molecule has 0 aliphatic carbocycles. The first-order valence-electron chi connectivity index (χ1n) is 12.2. The quantitative estimate of drug-likeness (QED) is 0.580. The molecule has 0 saturated carbocycles. The number of halogens is 1. The minimum atomic E-state index is -0.621. The molecule has 0 spiro atoms. The molecular formula is C27H31ClN5O2+. The number of hydrogen-bond acceptors (Lipinski definition) is 4. The largest absolute Gasteiger partial charge is 0.333 e. The summed E-state index contributed by atoms with van der Waals surface area (Å²) in [6.45, 7) is 3.07. The highest BCUT2D eigenvalue weighted by Gasteiger charge is 2.53. The number of fused-ring (bicyclic) bond motifs is 1. The predicted octanol–water partition coefficient (Wildman–Crippen LogP) is 3.51. The van der Waals surface area contributed by atoms with Gasteiger partial charge in [0, 0.05) is 24.7 Å². The Balaban J connectivity index is 1.36. The Kier molecular flexibility index (Phi) is 6.71. The summed E-state index contributed by atoms with van der Waals surface area (Å²) in [5.74, 6) is 1.73. The van der Waals surface area contributed by atoms with Crippen molar-refractivity contribution in [1.29, 1.82) is 0 Å². The molecule has 2 aromatic carbocycles. The molecule has 2 saturated heterocycles. The number of likely N-dealkylation sites (tertiary alicyclic amines) is 1. The van der Waals surface area contributed by atoms with Crippen LogP contribution < -0.4 is 0 Å². The summed E-state index contributed by atoms with van der Waals surface area (Å²) in [5.41, 5.74) is 2.33. The van der Waals surface area contributed by atoms with E-state index in [-0.39, 0.29) is 11.9 Å². The molecule has 0 N–H and O–H groups in total. The first-order valence-corrected chi connectivity index (χ1v) is 12.6. The Morgan fingerprint density at radius 3 is 2.37 bits per heavy atom. The summed E-state index contributed by atoms with van der Waals surface area (Å²) in [6, 6.07) is 17.4. The van der Waals surface area contributed by atoms with Gasteiger partial charge in [0.2, 0.25) is 0 Å². The minimum Gasteiger partial charge on any atom is -0.292 e. The van der Waals surface area contributed by atoms with Crippen LogP contribution in [-0.4, -0.2) is 82.7 Å². The number of imide groups is 1. The molecule has 182 valence electrons. The number of amides is 3. The van der Waals surface area contributed by atoms with E-state index < -0.39 is 6.04 Å². The molecule has 35 heavy (non-hydrogen) atoms. The zero-order chi connectivity index (χ0) is 24.5. The first kappa shape index (κ1) is 23.7. The monoisotopic (exact) mass is 492 g/mol. The number of carbonyl (C=O) groups excluding carboxylic acids is 2. The molecule has 2 fully saturated rings. The van der Waals surface area contributed by atoms with Crippen molar-refractivity contribution in [3.8, 4) is 0 Å². The number of nitrogens with zero attached hydrogens (tertiary/aromatic N) is 5. The van der Waals surface area contributed by atoms with Gasteiger partial charge in [-0.2, -0.15) is 0 Å². The molecule has 3 aliphatic heterocycles. The van der Waals surface area contributed by atoms with Crippen LogP contribution in [0.1, 0.15) is 24.0 Å². The van der Waals surface area contributed by atoms with E-state index in [1.807, 2.05) is 28.8 Å². The van der Waals surface area contributed by atoms with Gasteiger partial charge in [-0.3, -0.25) is 19.5 Å². The van der Waals surface area contributed by atoms with Crippen molar-refractivity contribution < 1.29 is 14.2 Å². The van der Waals surface area contributed by atoms with Gasteiger partial charge in [0.15, 0.2) is 0 Å². The topological polar surface area (TPSA) is 59.2 Å². The van der Waals surface area contributed by atoms with Crippen LogP contribution in [0.15, 0.2) is 59.6 Å². The molecule has 7 nitrogen and oxygen atoms in total. The van der Waals surface area contributed by atoms with E-state index in [0.717, 1.165) is 43.8 Å². The SMILES string of the molecule is CN1C(=O)C2C(=NC(CN3CCC(Cc4ccccc4)CC3)=[N+]2Cc2ccccc2Cl)N(C)C1=O. The maximum atomic E-state index is 13.2. The molecule has 3 heterocycles. The molecule has 3 aliphatic rings. The predicted molar refractivity (Wildman–Crippen MR) is 137 cm³/mol. The molecule has 0 aromatic heterocycles. The van der Waals surface area contributed by atoms with Crippen LogP contribution >= 0.6 is 11.6 Å². The number of urea groups is 1. The van der Waals surface area contributed by atoms with Crippen LogP contribution in [0.2, 0.25) is 5.02 Å². The lowest BCUT2D eigenvalue weighted by Gasteiger charge is -2.31. The van der Waals surface area contributed by atoms with Gasteiger partial charge in [-0.1, -0.05) is 60.1 Å². The second-order valence-electron chi connectivity index (χ2n) is 9.66. The van der Waals surface area contributed by atoms with Gasteiger partial charge in [0.05, 0.1) is 0 Å². The van der Waals surface area contributed by atoms with E-state index in [0.29, 0.717) is 29.9 Å². The summed E-state index contributed by atoms with van der Waals surface area (Å²) in [7, 11) is 3.21. The van der Waals surface area contributed by atoms with Crippen LogP contribution in [0.5, 0.6) is 0 Å². The fraction of sp³-hybridized carbons (Fsp3) is 0.407. The van der Waals surface area contributed by atoms with E-state index in [1.165, 1.54) is 22.4 Å². The number of rotatable bonds is 6. The summed E-state index contributed by atoms with van der Waals surface area (Å²) in [4.78, 5) is 35.7. The van der Waals surface area contributed by atoms with Crippen molar-refractivity contribution in [3.05, 3.63) is 70.7 Å². The van der Waals surface area contributed by atoms with Crippen molar-refractivity contribution >= 4 is 35.2 Å². The van der Waals surface area contributed by atoms with Crippen LogP contribution in [0.25, 0.3) is 0 Å².